The highest BCUT2D eigenvalue weighted by Gasteiger charge is 2.24. The lowest BCUT2D eigenvalue weighted by Crippen LogP contribution is -2.38. The summed E-state index contributed by atoms with van der Waals surface area (Å²) in [7, 11) is 1.50. The van der Waals surface area contributed by atoms with E-state index in [4.69, 9.17) is 19.7 Å². The number of methoxy groups -OCH3 is 1. The Morgan fingerprint density at radius 3 is 2.82 bits per heavy atom. The van der Waals surface area contributed by atoms with E-state index in [2.05, 4.69) is 0 Å². The maximum absolute atomic E-state index is 9.15. The highest BCUT2D eigenvalue weighted by molar-refractivity contribution is 4.99. The van der Waals surface area contributed by atoms with E-state index in [0.717, 1.165) is 0 Å². The fourth-order valence-corrected chi connectivity index (χ4v) is 0.912. The van der Waals surface area contributed by atoms with E-state index in [1.165, 1.54) is 7.11 Å². The van der Waals surface area contributed by atoms with E-state index >= 15 is 0 Å². The van der Waals surface area contributed by atoms with Gasteiger partial charge in [-0.25, -0.2) is 0 Å². The summed E-state index contributed by atoms with van der Waals surface area (Å²) < 4.78 is 9.93. The molecule has 0 saturated heterocycles. The van der Waals surface area contributed by atoms with E-state index in [9.17, 15) is 0 Å². The van der Waals surface area contributed by atoms with Gasteiger partial charge in [0.15, 0.2) is 6.29 Å². The molecule has 0 aromatic rings. The fourth-order valence-electron chi connectivity index (χ4n) is 0.912. The zero-order valence-corrected chi connectivity index (χ0v) is 6.30. The van der Waals surface area contributed by atoms with Gasteiger partial charge in [-0.15, -0.1) is 0 Å². The lowest BCUT2D eigenvalue weighted by Gasteiger charge is -2.27. The first-order valence-electron chi connectivity index (χ1n) is 3.43. The van der Waals surface area contributed by atoms with Crippen LogP contribution in [0.15, 0.2) is 12.2 Å². The molecule has 0 fully saturated rings. The third kappa shape index (κ3) is 2.00. The van der Waals surface area contributed by atoms with Crippen LogP contribution in [0.3, 0.4) is 0 Å². The zero-order valence-electron chi connectivity index (χ0n) is 6.30. The monoisotopic (exact) mass is 160 g/mol. The Morgan fingerprint density at radius 2 is 2.27 bits per heavy atom. The lowest BCUT2D eigenvalue weighted by molar-refractivity contribution is -0.168. The molecule has 4 nitrogen and oxygen atoms in total. The number of aliphatic hydroxyl groups excluding tert-OH is 2. The molecule has 0 aromatic carbocycles. The van der Waals surface area contributed by atoms with E-state index in [0.29, 0.717) is 0 Å². The topological polar surface area (TPSA) is 58.9 Å². The van der Waals surface area contributed by atoms with Gasteiger partial charge in [0.1, 0.15) is 12.2 Å². The van der Waals surface area contributed by atoms with Gasteiger partial charge in [0.05, 0.1) is 6.61 Å². The van der Waals surface area contributed by atoms with E-state index in [1.807, 2.05) is 0 Å². The number of hydrogen-bond donors (Lipinski definition) is 2. The quantitative estimate of drug-likeness (QED) is 0.523. The van der Waals surface area contributed by atoms with E-state index < -0.39 is 18.5 Å². The van der Waals surface area contributed by atoms with Gasteiger partial charge in [-0.3, -0.25) is 0 Å². The minimum absolute atomic E-state index is 0.203. The predicted molar refractivity (Wildman–Crippen MR) is 37.9 cm³/mol. The van der Waals surface area contributed by atoms with Crippen LogP contribution in [-0.2, 0) is 9.47 Å². The van der Waals surface area contributed by atoms with Gasteiger partial charge in [0.25, 0.3) is 0 Å². The second-order valence-corrected chi connectivity index (χ2v) is 2.34. The van der Waals surface area contributed by atoms with Gasteiger partial charge in [-0.2, -0.15) is 0 Å². The third-order valence-electron chi connectivity index (χ3n) is 1.57. The molecule has 11 heavy (non-hydrogen) atoms. The molecule has 0 spiro atoms. The average Bonchev–Trinajstić information content (AvgIpc) is 2.05. The Labute approximate surface area is 65.0 Å². The summed E-state index contributed by atoms with van der Waals surface area (Å²) in [6.45, 7) is -0.203. The molecule has 0 aliphatic carbocycles. The Kier molecular flexibility index (Phi) is 3.02. The van der Waals surface area contributed by atoms with Crippen LogP contribution < -0.4 is 0 Å². The van der Waals surface area contributed by atoms with Crippen LogP contribution in [0.1, 0.15) is 0 Å². The average molecular weight is 160 g/mol. The number of ether oxygens (including phenoxy) is 2. The summed E-state index contributed by atoms with van der Waals surface area (Å²) >= 11 is 0. The molecule has 0 saturated carbocycles. The molecule has 2 N–H and O–H groups in total. The molecular weight excluding hydrogens is 148 g/mol. The molecule has 0 unspecified atom stereocenters. The summed E-state index contributed by atoms with van der Waals surface area (Å²) in [4.78, 5) is 0. The summed E-state index contributed by atoms with van der Waals surface area (Å²) in [5.41, 5.74) is 0. The van der Waals surface area contributed by atoms with Gasteiger partial charge >= 0.3 is 0 Å². The van der Waals surface area contributed by atoms with E-state index in [1.54, 1.807) is 12.2 Å². The molecule has 64 valence electrons. The molecule has 0 bridgehead atoms. The third-order valence-corrected chi connectivity index (χ3v) is 1.57. The lowest BCUT2D eigenvalue weighted by atomic mass is 10.1. The van der Waals surface area contributed by atoms with Gasteiger partial charge in [0, 0.05) is 7.11 Å². The van der Waals surface area contributed by atoms with Gasteiger partial charge in [-0.05, 0) is 6.08 Å². The minimum Gasteiger partial charge on any atom is -0.394 e. The standard InChI is InChI=1S/C7H12O4/c1-10-7-3-2-5(9)6(4-8)11-7/h2-3,5-9H,4H2,1H3/t5-,6+,7-/m1/s1. The van der Waals surface area contributed by atoms with E-state index in [-0.39, 0.29) is 6.61 Å². The fraction of sp³-hybridized carbons (Fsp3) is 0.714. The highest BCUT2D eigenvalue weighted by Crippen LogP contribution is 2.12. The van der Waals surface area contributed by atoms with Crippen molar-refractivity contribution in [1.29, 1.82) is 0 Å². The Hall–Kier alpha value is -0.420. The van der Waals surface area contributed by atoms with Crippen molar-refractivity contribution in [1.82, 2.24) is 0 Å². The first kappa shape index (κ1) is 8.67. The predicted octanol–water partition coefficient (Wildman–Crippen LogP) is -0.733. The van der Waals surface area contributed by atoms with Gasteiger partial charge in [0.2, 0.25) is 0 Å². The number of rotatable bonds is 2. The second kappa shape index (κ2) is 3.82. The SMILES string of the molecule is CO[C@H]1C=C[C@@H](O)[C@H](CO)O1. The first-order valence-corrected chi connectivity index (χ1v) is 3.43. The van der Waals surface area contributed by atoms with Crippen molar-refractivity contribution in [2.45, 2.75) is 18.5 Å². The summed E-state index contributed by atoms with van der Waals surface area (Å²) in [6, 6.07) is 0. The highest BCUT2D eigenvalue weighted by atomic mass is 16.7. The first-order chi connectivity index (χ1) is 5.27. The van der Waals surface area contributed by atoms with Crippen LogP contribution in [0.5, 0.6) is 0 Å². The maximum Gasteiger partial charge on any atom is 0.177 e. The van der Waals surface area contributed by atoms with Crippen molar-refractivity contribution >= 4 is 0 Å². The number of hydrogen-bond acceptors (Lipinski definition) is 4. The smallest absolute Gasteiger partial charge is 0.177 e. The maximum atomic E-state index is 9.15. The van der Waals surface area contributed by atoms with Crippen LogP contribution in [-0.4, -0.2) is 42.4 Å². The molecule has 1 aliphatic rings. The van der Waals surface area contributed by atoms with Crippen molar-refractivity contribution < 1.29 is 19.7 Å². The van der Waals surface area contributed by atoms with Crippen LogP contribution in [0.25, 0.3) is 0 Å². The van der Waals surface area contributed by atoms with Crippen LogP contribution in [0.2, 0.25) is 0 Å². The normalized spacial score (nSPS) is 37.5. The Bertz CT molecular complexity index is 145. The van der Waals surface area contributed by atoms with Crippen molar-refractivity contribution in [3.05, 3.63) is 12.2 Å². The molecule has 1 aliphatic heterocycles. The van der Waals surface area contributed by atoms with Gasteiger partial charge < -0.3 is 19.7 Å². The van der Waals surface area contributed by atoms with Crippen LogP contribution >= 0.6 is 0 Å². The largest absolute Gasteiger partial charge is 0.394 e. The van der Waals surface area contributed by atoms with Crippen molar-refractivity contribution in [2.75, 3.05) is 13.7 Å². The number of aliphatic hydroxyl groups is 2. The molecule has 0 radical (unpaired) electrons. The van der Waals surface area contributed by atoms with Gasteiger partial charge in [-0.1, -0.05) is 6.08 Å². The van der Waals surface area contributed by atoms with Crippen LogP contribution in [0, 0.1) is 0 Å². The van der Waals surface area contributed by atoms with Crippen molar-refractivity contribution in [3.8, 4) is 0 Å². The molecule has 1 heterocycles. The molecule has 0 amide bonds. The molecule has 4 heteroatoms. The summed E-state index contributed by atoms with van der Waals surface area (Å²) in [5, 5.41) is 17.9. The Morgan fingerprint density at radius 1 is 1.55 bits per heavy atom. The Balaban J connectivity index is 2.52. The summed E-state index contributed by atoms with van der Waals surface area (Å²) in [5.74, 6) is 0. The molecule has 1 rings (SSSR count). The molecule has 0 aromatic heterocycles. The minimum atomic E-state index is -0.730. The molecular formula is C7H12O4. The van der Waals surface area contributed by atoms with Crippen LogP contribution in [0.4, 0.5) is 0 Å². The van der Waals surface area contributed by atoms with Crippen molar-refractivity contribution in [2.24, 2.45) is 0 Å². The van der Waals surface area contributed by atoms with Crippen molar-refractivity contribution in [3.63, 3.8) is 0 Å². The zero-order chi connectivity index (χ0) is 8.27. The molecule has 3 atom stereocenters. The second-order valence-electron chi connectivity index (χ2n) is 2.34. The summed E-state index contributed by atoms with van der Waals surface area (Å²) in [6.07, 6.45) is 1.42.